The van der Waals surface area contributed by atoms with Crippen LogP contribution in [0.25, 0.3) is 0 Å². The molecule has 0 heterocycles. The minimum atomic E-state index is -0.302. The molecule has 4 heteroatoms. The summed E-state index contributed by atoms with van der Waals surface area (Å²) in [5, 5.41) is 8.93. The Hall–Kier alpha value is -1.55. The number of aliphatic hydroxyl groups excluding tert-OH is 1. The molecule has 0 aromatic heterocycles. The molecule has 0 spiro atoms. The molecule has 0 aliphatic carbocycles. The zero-order chi connectivity index (χ0) is 12.7. The van der Waals surface area contributed by atoms with Gasteiger partial charge in [0.2, 0.25) is 0 Å². The summed E-state index contributed by atoms with van der Waals surface area (Å²) in [6.07, 6.45) is 0. The molecule has 1 rings (SSSR count). The molecular formula is C13H19NO3. The Morgan fingerprint density at radius 3 is 2.41 bits per heavy atom. The lowest BCUT2D eigenvalue weighted by Crippen LogP contribution is -2.26. The van der Waals surface area contributed by atoms with E-state index in [0.29, 0.717) is 18.7 Å². The van der Waals surface area contributed by atoms with Crippen molar-refractivity contribution in [1.29, 1.82) is 0 Å². The second kappa shape index (κ2) is 6.91. The van der Waals surface area contributed by atoms with Gasteiger partial charge in [0.1, 0.15) is 0 Å². The van der Waals surface area contributed by atoms with Crippen LogP contribution in [-0.2, 0) is 4.74 Å². The summed E-state index contributed by atoms with van der Waals surface area (Å²) in [5.41, 5.74) is 1.55. The molecule has 0 aliphatic heterocycles. The Morgan fingerprint density at radius 2 is 1.94 bits per heavy atom. The molecule has 94 valence electrons. The van der Waals surface area contributed by atoms with Crippen LogP contribution in [0.2, 0.25) is 0 Å². The highest BCUT2D eigenvalue weighted by Gasteiger charge is 2.07. The van der Waals surface area contributed by atoms with Gasteiger partial charge in [0.15, 0.2) is 0 Å². The molecule has 1 aromatic carbocycles. The van der Waals surface area contributed by atoms with Crippen LogP contribution >= 0.6 is 0 Å². The van der Waals surface area contributed by atoms with Crippen LogP contribution in [0.4, 0.5) is 5.69 Å². The topological polar surface area (TPSA) is 49.8 Å². The van der Waals surface area contributed by atoms with Crippen molar-refractivity contribution in [2.24, 2.45) is 0 Å². The van der Waals surface area contributed by atoms with Crippen molar-refractivity contribution in [2.45, 2.75) is 13.8 Å². The van der Waals surface area contributed by atoms with Crippen LogP contribution in [0.1, 0.15) is 24.2 Å². The third kappa shape index (κ3) is 3.75. The number of carbonyl (C=O) groups excluding carboxylic acids is 1. The second-order valence-electron chi connectivity index (χ2n) is 3.57. The smallest absolute Gasteiger partial charge is 0.338 e. The van der Waals surface area contributed by atoms with Crippen LogP contribution in [-0.4, -0.2) is 37.4 Å². The fraction of sp³-hybridized carbons (Fsp3) is 0.462. The maximum absolute atomic E-state index is 11.4. The quantitative estimate of drug-likeness (QED) is 0.765. The highest BCUT2D eigenvalue weighted by molar-refractivity contribution is 5.89. The summed E-state index contributed by atoms with van der Waals surface area (Å²) in [6.45, 7) is 5.72. The number of carbonyl (C=O) groups is 1. The van der Waals surface area contributed by atoms with E-state index in [0.717, 1.165) is 12.2 Å². The van der Waals surface area contributed by atoms with Gasteiger partial charge in [0.25, 0.3) is 0 Å². The fourth-order valence-electron chi connectivity index (χ4n) is 1.61. The minimum Gasteiger partial charge on any atom is -0.462 e. The number of rotatable bonds is 6. The van der Waals surface area contributed by atoms with Crippen LogP contribution in [0.3, 0.4) is 0 Å². The largest absolute Gasteiger partial charge is 0.462 e. The van der Waals surface area contributed by atoms with E-state index in [2.05, 4.69) is 0 Å². The maximum atomic E-state index is 11.4. The molecule has 1 N–H and O–H groups in total. The first-order chi connectivity index (χ1) is 8.22. The lowest BCUT2D eigenvalue weighted by molar-refractivity contribution is 0.0526. The molecule has 0 saturated heterocycles. The Bertz CT molecular complexity index is 348. The SMILES string of the molecule is CCOC(=O)c1ccc(N(CC)CCO)cc1. The van der Waals surface area contributed by atoms with E-state index < -0.39 is 0 Å². The number of benzene rings is 1. The molecule has 0 bridgehead atoms. The van der Waals surface area contributed by atoms with Crippen LogP contribution in [0.15, 0.2) is 24.3 Å². The molecule has 0 radical (unpaired) electrons. The predicted octanol–water partition coefficient (Wildman–Crippen LogP) is 1.68. The number of hydrogen-bond acceptors (Lipinski definition) is 4. The van der Waals surface area contributed by atoms with Gasteiger partial charge in [-0.15, -0.1) is 0 Å². The van der Waals surface area contributed by atoms with E-state index >= 15 is 0 Å². The summed E-state index contributed by atoms with van der Waals surface area (Å²) in [4.78, 5) is 13.5. The van der Waals surface area contributed by atoms with Crippen molar-refractivity contribution in [2.75, 3.05) is 31.2 Å². The van der Waals surface area contributed by atoms with Gasteiger partial charge in [0.05, 0.1) is 18.8 Å². The van der Waals surface area contributed by atoms with Crippen molar-refractivity contribution < 1.29 is 14.6 Å². The van der Waals surface area contributed by atoms with Crippen molar-refractivity contribution in [3.05, 3.63) is 29.8 Å². The second-order valence-corrected chi connectivity index (χ2v) is 3.57. The first kappa shape index (κ1) is 13.5. The summed E-state index contributed by atoms with van der Waals surface area (Å²) >= 11 is 0. The minimum absolute atomic E-state index is 0.119. The molecule has 0 amide bonds. The van der Waals surface area contributed by atoms with Gasteiger partial charge in [-0.25, -0.2) is 4.79 Å². The predicted molar refractivity (Wildman–Crippen MR) is 67.4 cm³/mol. The first-order valence-corrected chi connectivity index (χ1v) is 5.85. The van der Waals surface area contributed by atoms with E-state index in [1.807, 2.05) is 24.0 Å². The zero-order valence-electron chi connectivity index (χ0n) is 10.3. The van der Waals surface area contributed by atoms with Crippen LogP contribution in [0, 0.1) is 0 Å². The van der Waals surface area contributed by atoms with E-state index in [9.17, 15) is 4.79 Å². The van der Waals surface area contributed by atoms with Crippen LogP contribution < -0.4 is 4.90 Å². The van der Waals surface area contributed by atoms with E-state index in [1.165, 1.54) is 0 Å². The Balaban J connectivity index is 2.76. The molecular weight excluding hydrogens is 218 g/mol. The molecule has 1 aromatic rings. The van der Waals surface area contributed by atoms with Gasteiger partial charge in [-0.1, -0.05) is 0 Å². The van der Waals surface area contributed by atoms with Gasteiger partial charge in [-0.2, -0.15) is 0 Å². The number of anilines is 1. The van der Waals surface area contributed by atoms with Crippen molar-refractivity contribution in [3.8, 4) is 0 Å². The van der Waals surface area contributed by atoms with Gasteiger partial charge in [-0.05, 0) is 38.1 Å². The third-order valence-corrected chi connectivity index (χ3v) is 2.50. The molecule has 0 aliphatic rings. The number of esters is 1. The molecule has 0 fully saturated rings. The number of aliphatic hydroxyl groups is 1. The normalized spacial score (nSPS) is 10.1. The van der Waals surface area contributed by atoms with Crippen molar-refractivity contribution in [3.63, 3.8) is 0 Å². The summed E-state index contributed by atoms with van der Waals surface area (Å²) in [5.74, 6) is -0.302. The highest BCUT2D eigenvalue weighted by Crippen LogP contribution is 2.15. The number of nitrogens with zero attached hydrogens (tertiary/aromatic N) is 1. The average molecular weight is 237 g/mol. The van der Waals surface area contributed by atoms with Gasteiger partial charge in [-0.3, -0.25) is 0 Å². The lowest BCUT2D eigenvalue weighted by atomic mass is 10.2. The Kier molecular flexibility index (Phi) is 5.49. The number of ether oxygens (including phenoxy) is 1. The number of likely N-dealkylation sites (N-methyl/N-ethyl adjacent to an activating group) is 1. The summed E-state index contributed by atoms with van der Waals surface area (Å²) < 4.78 is 4.91. The molecule has 0 saturated carbocycles. The van der Waals surface area contributed by atoms with Crippen molar-refractivity contribution in [1.82, 2.24) is 0 Å². The average Bonchev–Trinajstić information content (AvgIpc) is 2.36. The van der Waals surface area contributed by atoms with E-state index in [1.54, 1.807) is 19.1 Å². The molecule has 0 unspecified atom stereocenters. The van der Waals surface area contributed by atoms with Gasteiger partial charge >= 0.3 is 5.97 Å². The molecule has 4 nitrogen and oxygen atoms in total. The fourth-order valence-corrected chi connectivity index (χ4v) is 1.61. The summed E-state index contributed by atoms with van der Waals surface area (Å²) in [7, 11) is 0. The Morgan fingerprint density at radius 1 is 1.29 bits per heavy atom. The lowest BCUT2D eigenvalue weighted by Gasteiger charge is -2.21. The Labute approximate surface area is 102 Å². The summed E-state index contributed by atoms with van der Waals surface area (Å²) in [6, 6.07) is 7.22. The molecule has 17 heavy (non-hydrogen) atoms. The standard InChI is InChI=1S/C13H19NO3/c1-3-14(9-10-15)12-7-5-11(6-8-12)13(16)17-4-2/h5-8,15H,3-4,9-10H2,1-2H3. The third-order valence-electron chi connectivity index (χ3n) is 2.50. The number of hydrogen-bond donors (Lipinski definition) is 1. The van der Waals surface area contributed by atoms with Crippen molar-refractivity contribution >= 4 is 11.7 Å². The van der Waals surface area contributed by atoms with E-state index in [-0.39, 0.29) is 12.6 Å². The zero-order valence-corrected chi connectivity index (χ0v) is 10.3. The first-order valence-electron chi connectivity index (χ1n) is 5.85. The van der Waals surface area contributed by atoms with Crippen LogP contribution in [0.5, 0.6) is 0 Å². The van der Waals surface area contributed by atoms with Gasteiger partial charge < -0.3 is 14.7 Å². The van der Waals surface area contributed by atoms with Gasteiger partial charge in [0, 0.05) is 18.8 Å². The molecule has 0 atom stereocenters. The maximum Gasteiger partial charge on any atom is 0.338 e. The monoisotopic (exact) mass is 237 g/mol. The van der Waals surface area contributed by atoms with E-state index in [4.69, 9.17) is 9.84 Å². The highest BCUT2D eigenvalue weighted by atomic mass is 16.5.